The predicted molar refractivity (Wildman–Crippen MR) is 52.0 cm³/mol. The van der Waals surface area contributed by atoms with Gasteiger partial charge in [0.1, 0.15) is 0 Å². The van der Waals surface area contributed by atoms with Gasteiger partial charge in [0, 0.05) is 25.6 Å². The molecule has 0 spiro atoms. The first kappa shape index (κ1) is 9.44. The standard InChI is InChI=1S/C10H20N2O/c1-13-8-10-5-3-2-4-9(10)6-12(11)7-10/h9H,2-8,11H2,1H3. The lowest BCUT2D eigenvalue weighted by atomic mass is 9.69. The van der Waals surface area contributed by atoms with Gasteiger partial charge < -0.3 is 4.74 Å². The third-order valence-corrected chi connectivity index (χ3v) is 3.75. The smallest absolute Gasteiger partial charge is 0.0534 e. The van der Waals surface area contributed by atoms with Gasteiger partial charge in [0.25, 0.3) is 0 Å². The summed E-state index contributed by atoms with van der Waals surface area (Å²) in [5.41, 5.74) is 0.391. The third kappa shape index (κ3) is 1.60. The molecule has 2 unspecified atom stereocenters. The molecule has 2 fully saturated rings. The predicted octanol–water partition coefficient (Wildman–Crippen LogP) is 0.999. The Balaban J connectivity index is 2.10. The van der Waals surface area contributed by atoms with Crippen LogP contribution in [0.4, 0.5) is 0 Å². The van der Waals surface area contributed by atoms with Crippen LogP contribution >= 0.6 is 0 Å². The lowest BCUT2D eigenvalue weighted by Gasteiger charge is -2.37. The summed E-state index contributed by atoms with van der Waals surface area (Å²) in [4.78, 5) is 0. The Bertz CT molecular complexity index is 182. The Hall–Kier alpha value is -0.120. The molecule has 1 saturated heterocycles. The van der Waals surface area contributed by atoms with E-state index in [1.165, 1.54) is 25.7 Å². The minimum Gasteiger partial charge on any atom is -0.384 e. The fourth-order valence-corrected chi connectivity index (χ4v) is 3.15. The van der Waals surface area contributed by atoms with E-state index < -0.39 is 0 Å². The molecule has 0 aromatic heterocycles. The van der Waals surface area contributed by atoms with Crippen molar-refractivity contribution in [2.24, 2.45) is 17.2 Å². The van der Waals surface area contributed by atoms with Gasteiger partial charge in [-0.05, 0) is 18.8 Å². The van der Waals surface area contributed by atoms with Crippen LogP contribution in [0.1, 0.15) is 25.7 Å². The number of hydrogen-bond acceptors (Lipinski definition) is 3. The Labute approximate surface area is 80.2 Å². The minimum atomic E-state index is 0.391. The van der Waals surface area contributed by atoms with Crippen molar-refractivity contribution in [2.75, 3.05) is 26.8 Å². The number of nitrogens with two attached hydrogens (primary N) is 1. The molecule has 2 rings (SSSR count). The van der Waals surface area contributed by atoms with Gasteiger partial charge in [-0.2, -0.15) is 0 Å². The van der Waals surface area contributed by atoms with Crippen LogP contribution in [0.5, 0.6) is 0 Å². The highest BCUT2D eigenvalue weighted by Crippen LogP contribution is 2.45. The highest BCUT2D eigenvalue weighted by molar-refractivity contribution is 4.97. The van der Waals surface area contributed by atoms with Gasteiger partial charge in [0.05, 0.1) is 6.61 Å². The molecule has 0 amide bonds. The van der Waals surface area contributed by atoms with Gasteiger partial charge in [-0.15, -0.1) is 0 Å². The molecule has 0 aromatic carbocycles. The molecule has 2 N–H and O–H groups in total. The SMILES string of the molecule is COCC12CCCCC1CN(N)C2. The second-order valence-electron chi connectivity index (χ2n) is 4.67. The van der Waals surface area contributed by atoms with Crippen LogP contribution in [0.3, 0.4) is 0 Å². The second-order valence-corrected chi connectivity index (χ2v) is 4.67. The Kier molecular flexibility index (Phi) is 2.58. The number of rotatable bonds is 2. The highest BCUT2D eigenvalue weighted by atomic mass is 16.5. The average molecular weight is 184 g/mol. The van der Waals surface area contributed by atoms with Crippen molar-refractivity contribution in [1.82, 2.24) is 5.01 Å². The zero-order valence-corrected chi connectivity index (χ0v) is 8.46. The molecule has 1 heterocycles. The topological polar surface area (TPSA) is 38.5 Å². The Morgan fingerprint density at radius 1 is 1.54 bits per heavy atom. The number of nitrogens with zero attached hydrogens (tertiary/aromatic N) is 1. The number of ether oxygens (including phenoxy) is 1. The number of hydrazine groups is 1. The second kappa shape index (κ2) is 3.56. The van der Waals surface area contributed by atoms with Gasteiger partial charge in [-0.3, -0.25) is 5.84 Å². The van der Waals surface area contributed by atoms with Gasteiger partial charge >= 0.3 is 0 Å². The lowest BCUT2D eigenvalue weighted by Crippen LogP contribution is -2.38. The first-order valence-electron chi connectivity index (χ1n) is 5.25. The van der Waals surface area contributed by atoms with Crippen LogP contribution in [0, 0.1) is 11.3 Å². The zero-order valence-electron chi connectivity index (χ0n) is 8.46. The maximum Gasteiger partial charge on any atom is 0.0534 e. The fourth-order valence-electron chi connectivity index (χ4n) is 3.15. The van der Waals surface area contributed by atoms with Gasteiger partial charge in [-0.25, -0.2) is 5.01 Å². The molecular weight excluding hydrogens is 164 g/mol. The lowest BCUT2D eigenvalue weighted by molar-refractivity contribution is 0.0298. The largest absolute Gasteiger partial charge is 0.384 e. The summed E-state index contributed by atoms with van der Waals surface area (Å²) in [6.07, 6.45) is 5.38. The quantitative estimate of drug-likeness (QED) is 0.651. The summed E-state index contributed by atoms with van der Waals surface area (Å²) in [5.74, 6) is 6.67. The van der Waals surface area contributed by atoms with Crippen LogP contribution in [0.15, 0.2) is 0 Å². The van der Waals surface area contributed by atoms with E-state index in [0.29, 0.717) is 5.41 Å². The summed E-state index contributed by atoms with van der Waals surface area (Å²) < 4.78 is 5.35. The minimum absolute atomic E-state index is 0.391. The molecule has 1 aliphatic heterocycles. The summed E-state index contributed by atoms with van der Waals surface area (Å²) >= 11 is 0. The van der Waals surface area contributed by atoms with Gasteiger partial charge in [0.15, 0.2) is 0 Å². The molecule has 0 radical (unpaired) electrons. The average Bonchev–Trinajstić information content (AvgIpc) is 2.41. The van der Waals surface area contributed by atoms with E-state index in [1.807, 2.05) is 5.01 Å². The van der Waals surface area contributed by atoms with Crippen LogP contribution < -0.4 is 5.84 Å². The maximum atomic E-state index is 5.89. The molecule has 76 valence electrons. The first-order valence-corrected chi connectivity index (χ1v) is 5.25. The van der Waals surface area contributed by atoms with Crippen molar-refractivity contribution in [2.45, 2.75) is 25.7 Å². The summed E-state index contributed by atoms with van der Waals surface area (Å²) in [7, 11) is 1.81. The zero-order chi connectivity index (χ0) is 9.31. The molecule has 3 heteroatoms. The van der Waals surface area contributed by atoms with E-state index in [-0.39, 0.29) is 0 Å². The Morgan fingerprint density at radius 3 is 3.15 bits per heavy atom. The normalized spacial score (nSPS) is 40.6. The van der Waals surface area contributed by atoms with Crippen molar-refractivity contribution in [1.29, 1.82) is 0 Å². The van der Waals surface area contributed by atoms with E-state index in [1.54, 1.807) is 7.11 Å². The molecule has 0 aromatic rings. The molecule has 0 bridgehead atoms. The van der Waals surface area contributed by atoms with Crippen LogP contribution in [0.25, 0.3) is 0 Å². The molecule has 13 heavy (non-hydrogen) atoms. The van der Waals surface area contributed by atoms with E-state index in [0.717, 1.165) is 25.6 Å². The fraction of sp³-hybridized carbons (Fsp3) is 1.00. The van der Waals surface area contributed by atoms with Gasteiger partial charge in [0.2, 0.25) is 0 Å². The van der Waals surface area contributed by atoms with Crippen LogP contribution in [0.2, 0.25) is 0 Å². The Morgan fingerprint density at radius 2 is 2.38 bits per heavy atom. The van der Waals surface area contributed by atoms with Crippen LogP contribution in [-0.4, -0.2) is 31.8 Å². The van der Waals surface area contributed by atoms with Gasteiger partial charge in [-0.1, -0.05) is 12.8 Å². The van der Waals surface area contributed by atoms with E-state index in [9.17, 15) is 0 Å². The number of fused-ring (bicyclic) bond motifs is 1. The summed E-state index contributed by atoms with van der Waals surface area (Å²) in [5, 5.41) is 1.98. The van der Waals surface area contributed by atoms with Crippen molar-refractivity contribution >= 4 is 0 Å². The van der Waals surface area contributed by atoms with E-state index >= 15 is 0 Å². The van der Waals surface area contributed by atoms with Crippen LogP contribution in [-0.2, 0) is 4.74 Å². The third-order valence-electron chi connectivity index (χ3n) is 3.75. The van der Waals surface area contributed by atoms with E-state index in [4.69, 9.17) is 10.6 Å². The molecule has 3 nitrogen and oxygen atoms in total. The summed E-state index contributed by atoms with van der Waals surface area (Å²) in [6, 6.07) is 0. The van der Waals surface area contributed by atoms with Crippen molar-refractivity contribution < 1.29 is 4.74 Å². The van der Waals surface area contributed by atoms with Crippen molar-refractivity contribution in [3.05, 3.63) is 0 Å². The molecule has 2 atom stereocenters. The maximum absolute atomic E-state index is 5.89. The summed E-state index contributed by atoms with van der Waals surface area (Å²) in [6.45, 7) is 3.00. The van der Waals surface area contributed by atoms with Crippen molar-refractivity contribution in [3.8, 4) is 0 Å². The van der Waals surface area contributed by atoms with E-state index in [2.05, 4.69) is 0 Å². The monoisotopic (exact) mass is 184 g/mol. The number of methoxy groups -OCH3 is 1. The molecule has 1 aliphatic carbocycles. The molecular formula is C10H20N2O. The molecule has 2 aliphatic rings. The number of hydrogen-bond donors (Lipinski definition) is 1. The first-order chi connectivity index (χ1) is 6.27. The highest BCUT2D eigenvalue weighted by Gasteiger charge is 2.46. The molecule has 1 saturated carbocycles. The van der Waals surface area contributed by atoms with Crippen molar-refractivity contribution in [3.63, 3.8) is 0 Å².